The molecule has 2 rings (SSSR count). The maximum atomic E-state index is 14.0. The van der Waals surface area contributed by atoms with E-state index in [1.807, 2.05) is 0 Å². The van der Waals surface area contributed by atoms with Crippen LogP contribution < -0.4 is 4.72 Å². The van der Waals surface area contributed by atoms with Gasteiger partial charge in [-0.3, -0.25) is 4.79 Å². The molecule has 0 bridgehead atoms. The Bertz CT molecular complexity index is 783. The van der Waals surface area contributed by atoms with Crippen molar-refractivity contribution < 1.29 is 22.0 Å². The second kappa shape index (κ2) is 7.08. The van der Waals surface area contributed by atoms with Crippen molar-refractivity contribution in [3.8, 4) is 0 Å². The fourth-order valence-corrected chi connectivity index (χ4v) is 2.67. The fourth-order valence-electron chi connectivity index (χ4n) is 1.80. The van der Waals surface area contributed by atoms with Gasteiger partial charge in [0.15, 0.2) is 5.78 Å². The number of carbonyl (C=O) groups is 1. The van der Waals surface area contributed by atoms with Crippen molar-refractivity contribution in [1.29, 1.82) is 0 Å². The zero-order chi connectivity index (χ0) is 16.3. The lowest BCUT2D eigenvalue weighted by atomic mass is 10.0. The summed E-state index contributed by atoms with van der Waals surface area (Å²) in [6.07, 6.45) is 0. The molecule has 0 unspecified atom stereocenters. The lowest BCUT2D eigenvalue weighted by molar-refractivity contribution is 0.103. The summed E-state index contributed by atoms with van der Waals surface area (Å²) in [5.41, 5.74) is 0.385. The molecular formula is C14H10BrF2NO3S. The van der Waals surface area contributed by atoms with E-state index in [-0.39, 0.29) is 23.2 Å². The van der Waals surface area contributed by atoms with Crippen LogP contribution in [0.2, 0.25) is 0 Å². The van der Waals surface area contributed by atoms with E-state index in [1.54, 1.807) is 0 Å². The number of carbonyl (C=O) groups excluding carboxylic acids is 1. The lowest BCUT2D eigenvalue weighted by Gasteiger charge is -2.08. The van der Waals surface area contributed by atoms with E-state index in [2.05, 4.69) is 20.7 Å². The third-order valence-electron chi connectivity index (χ3n) is 2.89. The van der Waals surface area contributed by atoms with E-state index in [4.69, 9.17) is 0 Å². The molecule has 22 heavy (non-hydrogen) atoms. The van der Waals surface area contributed by atoms with E-state index in [0.29, 0.717) is 4.47 Å². The quantitative estimate of drug-likeness (QED) is 0.610. The van der Waals surface area contributed by atoms with Gasteiger partial charge in [0, 0.05) is 27.7 Å². The number of rotatable bonds is 5. The molecule has 0 spiro atoms. The first-order valence-electron chi connectivity index (χ1n) is 6.04. The molecule has 8 heteroatoms. The van der Waals surface area contributed by atoms with Gasteiger partial charge >= 0.3 is 0 Å². The molecule has 2 aromatic carbocycles. The summed E-state index contributed by atoms with van der Waals surface area (Å²) in [6.45, 7) is -0.214. The number of ketones is 1. The van der Waals surface area contributed by atoms with Crippen LogP contribution in [0, 0.1) is 11.6 Å². The van der Waals surface area contributed by atoms with Crippen molar-refractivity contribution in [2.75, 3.05) is 0 Å². The summed E-state index contributed by atoms with van der Waals surface area (Å²) in [4.78, 5) is 12.3. The van der Waals surface area contributed by atoms with Crippen LogP contribution >= 0.6 is 15.9 Å². The predicted octanol–water partition coefficient (Wildman–Crippen LogP) is 2.57. The molecule has 0 amide bonds. The number of benzene rings is 2. The van der Waals surface area contributed by atoms with Gasteiger partial charge in [0.1, 0.15) is 11.6 Å². The molecule has 2 aromatic rings. The average Bonchev–Trinajstić information content (AvgIpc) is 2.47. The Balaban J connectivity index is 2.34. The lowest BCUT2D eigenvalue weighted by Crippen LogP contribution is -2.12. The van der Waals surface area contributed by atoms with Crippen molar-refractivity contribution in [1.82, 2.24) is 4.72 Å². The third-order valence-corrected chi connectivity index (χ3v) is 3.96. The van der Waals surface area contributed by atoms with Gasteiger partial charge in [-0.05, 0) is 36.4 Å². The number of nitrogens with one attached hydrogen (secondary N) is 1. The highest BCUT2D eigenvalue weighted by Crippen LogP contribution is 2.24. The first-order valence-corrected chi connectivity index (χ1v) is 8.01. The van der Waals surface area contributed by atoms with Crippen LogP contribution in [0.5, 0.6) is 0 Å². The first-order chi connectivity index (χ1) is 10.4. The van der Waals surface area contributed by atoms with Gasteiger partial charge in [0.05, 0.1) is 0 Å². The Morgan fingerprint density at radius 1 is 1.14 bits per heavy atom. The van der Waals surface area contributed by atoms with Crippen molar-refractivity contribution in [2.45, 2.75) is 6.54 Å². The first kappa shape index (κ1) is 16.7. The molecule has 0 saturated heterocycles. The summed E-state index contributed by atoms with van der Waals surface area (Å²) < 4.78 is 50.1. The minimum absolute atomic E-state index is 0.0689. The van der Waals surface area contributed by atoms with Crippen molar-refractivity contribution in [3.63, 3.8) is 0 Å². The molecule has 0 aliphatic rings. The molecule has 116 valence electrons. The molecular weight excluding hydrogens is 380 g/mol. The van der Waals surface area contributed by atoms with Crippen molar-refractivity contribution in [2.24, 2.45) is 0 Å². The highest BCUT2D eigenvalue weighted by Gasteiger charge is 2.16. The normalized spacial score (nSPS) is 10.9. The van der Waals surface area contributed by atoms with Gasteiger partial charge in [-0.2, -0.15) is 0 Å². The number of hydrogen-bond acceptors (Lipinski definition) is 3. The Kier molecular flexibility index (Phi) is 5.38. The fraction of sp³-hybridized carbons (Fsp3) is 0.0714. The SMILES string of the molecule is O=C(c1ccc(F)cc1)c1cc(F)c(CN[SH](=O)=O)cc1Br. The molecule has 0 aliphatic heterocycles. The third kappa shape index (κ3) is 3.96. The number of thiol groups is 1. The van der Waals surface area contributed by atoms with Crippen LogP contribution in [0.15, 0.2) is 40.9 Å². The molecule has 0 aromatic heterocycles. The zero-order valence-corrected chi connectivity index (χ0v) is 13.5. The van der Waals surface area contributed by atoms with Crippen molar-refractivity contribution in [3.05, 3.63) is 69.2 Å². The Morgan fingerprint density at radius 2 is 1.77 bits per heavy atom. The highest BCUT2D eigenvalue weighted by atomic mass is 79.9. The maximum absolute atomic E-state index is 14.0. The summed E-state index contributed by atoms with van der Waals surface area (Å²) in [5, 5.41) is 0. The molecule has 0 fully saturated rings. The minimum atomic E-state index is -2.84. The maximum Gasteiger partial charge on any atom is 0.201 e. The van der Waals surface area contributed by atoms with Gasteiger partial charge in [0.25, 0.3) is 0 Å². The molecule has 1 N–H and O–H groups in total. The molecule has 0 saturated carbocycles. The van der Waals surface area contributed by atoms with Gasteiger partial charge < -0.3 is 0 Å². The second-order valence-corrected chi connectivity index (χ2v) is 6.04. The number of hydrogen-bond donors (Lipinski definition) is 2. The van der Waals surface area contributed by atoms with Gasteiger partial charge in [-0.25, -0.2) is 21.9 Å². The molecule has 0 aliphatic carbocycles. The molecule has 4 nitrogen and oxygen atoms in total. The standard InChI is InChI=1S/C14H10BrF2NO3S/c15-12-5-9(7-18-22(20)21)13(17)6-11(12)14(19)8-1-3-10(16)4-2-8/h1-6,22H,7H2,(H,18,20,21). The monoisotopic (exact) mass is 389 g/mol. The highest BCUT2D eigenvalue weighted by molar-refractivity contribution is 9.10. The van der Waals surface area contributed by atoms with Gasteiger partial charge in [-0.1, -0.05) is 15.9 Å². The van der Waals surface area contributed by atoms with E-state index < -0.39 is 28.3 Å². The Morgan fingerprint density at radius 3 is 2.36 bits per heavy atom. The van der Waals surface area contributed by atoms with Crippen LogP contribution in [0.4, 0.5) is 8.78 Å². The van der Waals surface area contributed by atoms with Crippen molar-refractivity contribution >= 4 is 32.6 Å². The van der Waals surface area contributed by atoms with Gasteiger partial charge in [-0.15, -0.1) is 0 Å². The van der Waals surface area contributed by atoms with Crippen LogP contribution in [0.3, 0.4) is 0 Å². The Labute approximate surface area is 135 Å². The van der Waals surface area contributed by atoms with E-state index in [0.717, 1.165) is 18.2 Å². The number of halogens is 3. The van der Waals surface area contributed by atoms with Gasteiger partial charge in [0.2, 0.25) is 10.9 Å². The van der Waals surface area contributed by atoms with Crippen LogP contribution in [0.1, 0.15) is 21.5 Å². The van der Waals surface area contributed by atoms with Crippen LogP contribution in [0.25, 0.3) is 0 Å². The molecule has 0 atom stereocenters. The summed E-state index contributed by atoms with van der Waals surface area (Å²) in [5.74, 6) is -1.66. The smallest absolute Gasteiger partial charge is 0.201 e. The zero-order valence-electron chi connectivity index (χ0n) is 11.0. The second-order valence-electron chi connectivity index (χ2n) is 4.35. The Hall–Kier alpha value is -1.64. The molecule has 0 heterocycles. The van der Waals surface area contributed by atoms with Crippen LogP contribution in [-0.2, 0) is 17.4 Å². The topological polar surface area (TPSA) is 63.2 Å². The largest absolute Gasteiger partial charge is 0.289 e. The van der Waals surface area contributed by atoms with Crippen LogP contribution in [-0.4, -0.2) is 14.2 Å². The van der Waals surface area contributed by atoms with E-state index >= 15 is 0 Å². The van der Waals surface area contributed by atoms with E-state index in [1.165, 1.54) is 18.2 Å². The summed E-state index contributed by atoms with van der Waals surface area (Å²) in [7, 11) is -2.84. The van der Waals surface area contributed by atoms with E-state index in [9.17, 15) is 22.0 Å². The predicted molar refractivity (Wildman–Crippen MR) is 81.1 cm³/mol. The minimum Gasteiger partial charge on any atom is -0.289 e. The average molecular weight is 390 g/mol. The summed E-state index contributed by atoms with van der Waals surface area (Å²) in [6, 6.07) is 7.24. The summed E-state index contributed by atoms with van der Waals surface area (Å²) >= 11 is 3.16. The molecule has 0 radical (unpaired) electrons.